The number of carboxylic acids is 1. The fourth-order valence-electron chi connectivity index (χ4n) is 1.93. The molecule has 1 aromatic carbocycles. The SMILES string of the molecule is C=CCCC(NC(=O)CCNC(=O)c1ccc([N+](=O)[O-])cc1)C(=O)O. The van der Waals surface area contributed by atoms with Gasteiger partial charge in [-0.05, 0) is 25.0 Å². The summed E-state index contributed by atoms with van der Waals surface area (Å²) in [6, 6.07) is 4.03. The Morgan fingerprint density at radius 3 is 2.44 bits per heavy atom. The number of amides is 2. The lowest BCUT2D eigenvalue weighted by Crippen LogP contribution is -2.41. The van der Waals surface area contributed by atoms with E-state index in [0.717, 1.165) is 0 Å². The molecule has 0 aliphatic carbocycles. The molecule has 0 heterocycles. The van der Waals surface area contributed by atoms with Gasteiger partial charge in [0.15, 0.2) is 0 Å². The monoisotopic (exact) mass is 349 g/mol. The summed E-state index contributed by atoms with van der Waals surface area (Å²) in [5, 5.41) is 24.4. The maximum atomic E-state index is 11.9. The van der Waals surface area contributed by atoms with Crippen LogP contribution < -0.4 is 10.6 Å². The Balaban J connectivity index is 2.43. The van der Waals surface area contributed by atoms with Crippen LogP contribution in [-0.4, -0.2) is 40.4 Å². The Hall–Kier alpha value is -3.23. The predicted octanol–water partition coefficient (Wildman–Crippen LogP) is 1.25. The minimum Gasteiger partial charge on any atom is -0.480 e. The van der Waals surface area contributed by atoms with Crippen LogP contribution in [0.3, 0.4) is 0 Å². The molecule has 0 bridgehead atoms. The van der Waals surface area contributed by atoms with E-state index in [9.17, 15) is 24.5 Å². The topological polar surface area (TPSA) is 139 Å². The number of carbonyl (C=O) groups excluding carboxylic acids is 2. The van der Waals surface area contributed by atoms with E-state index in [4.69, 9.17) is 5.11 Å². The van der Waals surface area contributed by atoms with Crippen molar-refractivity contribution in [2.75, 3.05) is 6.54 Å². The average Bonchev–Trinajstić information content (AvgIpc) is 2.58. The van der Waals surface area contributed by atoms with Crippen LogP contribution >= 0.6 is 0 Å². The van der Waals surface area contributed by atoms with Gasteiger partial charge in [-0.15, -0.1) is 6.58 Å². The van der Waals surface area contributed by atoms with Crippen LogP contribution in [0.25, 0.3) is 0 Å². The third-order valence-electron chi connectivity index (χ3n) is 3.27. The first kappa shape index (κ1) is 19.8. The Bertz CT molecular complexity index is 656. The Morgan fingerprint density at radius 2 is 1.92 bits per heavy atom. The highest BCUT2D eigenvalue weighted by Crippen LogP contribution is 2.11. The van der Waals surface area contributed by atoms with Gasteiger partial charge in [0.05, 0.1) is 4.92 Å². The van der Waals surface area contributed by atoms with E-state index in [1.807, 2.05) is 0 Å². The first-order valence-electron chi connectivity index (χ1n) is 7.51. The highest BCUT2D eigenvalue weighted by atomic mass is 16.6. The van der Waals surface area contributed by atoms with E-state index >= 15 is 0 Å². The molecular formula is C16H19N3O6. The summed E-state index contributed by atoms with van der Waals surface area (Å²) in [4.78, 5) is 44.6. The van der Waals surface area contributed by atoms with Crippen molar-refractivity contribution in [1.82, 2.24) is 10.6 Å². The molecule has 0 aliphatic rings. The van der Waals surface area contributed by atoms with Crippen molar-refractivity contribution in [3.8, 4) is 0 Å². The maximum absolute atomic E-state index is 11.9. The molecule has 0 saturated carbocycles. The maximum Gasteiger partial charge on any atom is 0.326 e. The smallest absolute Gasteiger partial charge is 0.326 e. The largest absolute Gasteiger partial charge is 0.480 e. The molecular weight excluding hydrogens is 330 g/mol. The van der Waals surface area contributed by atoms with Crippen LogP contribution in [0.2, 0.25) is 0 Å². The number of carbonyl (C=O) groups is 3. The molecule has 1 atom stereocenters. The molecule has 0 radical (unpaired) electrons. The number of aliphatic carboxylic acids is 1. The number of allylic oxidation sites excluding steroid dienone is 1. The van der Waals surface area contributed by atoms with E-state index < -0.39 is 28.7 Å². The lowest BCUT2D eigenvalue weighted by Gasteiger charge is -2.13. The van der Waals surface area contributed by atoms with Crippen LogP contribution in [0.1, 0.15) is 29.6 Å². The van der Waals surface area contributed by atoms with Crippen LogP contribution in [0.5, 0.6) is 0 Å². The molecule has 3 N–H and O–H groups in total. The van der Waals surface area contributed by atoms with E-state index in [2.05, 4.69) is 17.2 Å². The molecule has 134 valence electrons. The summed E-state index contributed by atoms with van der Waals surface area (Å²) in [5.41, 5.74) is 0.0931. The number of rotatable bonds is 10. The Morgan fingerprint density at radius 1 is 1.28 bits per heavy atom. The molecule has 1 aromatic rings. The molecule has 1 rings (SSSR count). The van der Waals surface area contributed by atoms with Crippen molar-refractivity contribution in [2.24, 2.45) is 0 Å². The molecule has 0 saturated heterocycles. The summed E-state index contributed by atoms with van der Waals surface area (Å²) in [6.07, 6.45) is 2.16. The van der Waals surface area contributed by atoms with E-state index in [1.54, 1.807) is 6.08 Å². The first-order chi connectivity index (χ1) is 11.8. The molecule has 0 aromatic heterocycles. The number of nitrogens with one attached hydrogen (secondary N) is 2. The standard InChI is InChI=1S/C16H19N3O6/c1-2-3-4-13(16(22)23)18-14(20)9-10-17-15(21)11-5-7-12(8-6-11)19(24)25/h2,5-8,13H,1,3-4,9-10H2,(H,17,21)(H,18,20)(H,22,23). The lowest BCUT2D eigenvalue weighted by atomic mass is 10.1. The number of hydrogen-bond acceptors (Lipinski definition) is 5. The van der Waals surface area contributed by atoms with Crippen LogP contribution in [0, 0.1) is 10.1 Å². The van der Waals surface area contributed by atoms with Crippen molar-refractivity contribution >= 4 is 23.5 Å². The molecule has 1 unspecified atom stereocenters. The molecule has 25 heavy (non-hydrogen) atoms. The molecule has 9 nitrogen and oxygen atoms in total. The minimum absolute atomic E-state index is 0.00938. The predicted molar refractivity (Wildman–Crippen MR) is 89.0 cm³/mol. The average molecular weight is 349 g/mol. The van der Waals surface area contributed by atoms with Gasteiger partial charge in [-0.3, -0.25) is 19.7 Å². The van der Waals surface area contributed by atoms with E-state index in [0.29, 0.717) is 6.42 Å². The second-order valence-corrected chi connectivity index (χ2v) is 5.13. The Kier molecular flexibility index (Phi) is 7.77. The van der Waals surface area contributed by atoms with Gasteiger partial charge in [0, 0.05) is 30.7 Å². The molecule has 0 aliphatic heterocycles. The lowest BCUT2D eigenvalue weighted by molar-refractivity contribution is -0.384. The molecule has 2 amide bonds. The van der Waals surface area contributed by atoms with Gasteiger partial charge in [-0.25, -0.2) is 4.79 Å². The summed E-state index contributed by atoms with van der Waals surface area (Å²) in [5.74, 6) is -2.12. The van der Waals surface area contributed by atoms with Gasteiger partial charge in [0.25, 0.3) is 11.6 Å². The fourth-order valence-corrected chi connectivity index (χ4v) is 1.93. The zero-order valence-electron chi connectivity index (χ0n) is 13.4. The quantitative estimate of drug-likeness (QED) is 0.330. The molecule has 0 fully saturated rings. The van der Waals surface area contributed by atoms with Crippen LogP contribution in [0.15, 0.2) is 36.9 Å². The van der Waals surface area contributed by atoms with Crippen molar-refractivity contribution in [2.45, 2.75) is 25.3 Å². The van der Waals surface area contributed by atoms with Gasteiger partial charge >= 0.3 is 5.97 Å². The van der Waals surface area contributed by atoms with Crippen LogP contribution in [0.4, 0.5) is 5.69 Å². The van der Waals surface area contributed by atoms with Gasteiger partial charge in [-0.1, -0.05) is 6.08 Å². The number of non-ortho nitro benzene ring substituents is 1. The highest BCUT2D eigenvalue weighted by molar-refractivity contribution is 5.94. The summed E-state index contributed by atoms with van der Waals surface area (Å²) in [7, 11) is 0. The number of hydrogen-bond donors (Lipinski definition) is 3. The fraction of sp³-hybridized carbons (Fsp3) is 0.312. The van der Waals surface area contributed by atoms with Gasteiger partial charge in [-0.2, -0.15) is 0 Å². The third-order valence-corrected chi connectivity index (χ3v) is 3.27. The number of nitro groups is 1. The van der Waals surface area contributed by atoms with Gasteiger partial charge in [0.1, 0.15) is 6.04 Å². The summed E-state index contributed by atoms with van der Waals surface area (Å²) in [6.45, 7) is 3.50. The van der Waals surface area contributed by atoms with Crippen LogP contribution in [-0.2, 0) is 9.59 Å². The number of nitrogens with zero attached hydrogens (tertiary/aromatic N) is 1. The van der Waals surface area contributed by atoms with Crippen molar-refractivity contribution in [3.63, 3.8) is 0 Å². The molecule has 9 heteroatoms. The van der Waals surface area contributed by atoms with E-state index in [-0.39, 0.29) is 30.6 Å². The molecule has 0 spiro atoms. The number of carboxylic acid groups (broad SMARTS) is 1. The number of nitro benzene ring substituents is 1. The number of benzene rings is 1. The third kappa shape index (κ3) is 6.81. The summed E-state index contributed by atoms with van der Waals surface area (Å²) >= 11 is 0. The second kappa shape index (κ2) is 9.81. The Labute approximate surface area is 143 Å². The minimum atomic E-state index is -1.13. The van der Waals surface area contributed by atoms with E-state index in [1.165, 1.54) is 24.3 Å². The highest BCUT2D eigenvalue weighted by Gasteiger charge is 2.18. The normalized spacial score (nSPS) is 11.2. The zero-order valence-corrected chi connectivity index (χ0v) is 13.4. The van der Waals surface area contributed by atoms with Crippen molar-refractivity contribution < 1.29 is 24.4 Å². The van der Waals surface area contributed by atoms with Gasteiger partial charge < -0.3 is 15.7 Å². The van der Waals surface area contributed by atoms with Gasteiger partial charge in [0.2, 0.25) is 5.91 Å². The van der Waals surface area contributed by atoms with Crippen molar-refractivity contribution in [3.05, 3.63) is 52.6 Å². The second-order valence-electron chi connectivity index (χ2n) is 5.13. The summed E-state index contributed by atoms with van der Waals surface area (Å²) < 4.78 is 0. The first-order valence-corrected chi connectivity index (χ1v) is 7.51. The zero-order chi connectivity index (χ0) is 18.8. The van der Waals surface area contributed by atoms with Crippen molar-refractivity contribution in [1.29, 1.82) is 0 Å².